The van der Waals surface area contributed by atoms with Crippen molar-refractivity contribution in [2.45, 2.75) is 67.3 Å². The number of hydrogen-bond acceptors (Lipinski definition) is 1. The van der Waals surface area contributed by atoms with Crippen molar-refractivity contribution in [2.75, 3.05) is 6.54 Å². The lowest BCUT2D eigenvalue weighted by Crippen LogP contribution is -2.35. The molecule has 0 aliphatic carbocycles. The quantitative estimate of drug-likeness (QED) is 0.779. The van der Waals surface area contributed by atoms with Crippen molar-refractivity contribution in [2.24, 2.45) is 11.3 Å². The molecule has 0 amide bonds. The van der Waals surface area contributed by atoms with E-state index in [1.165, 1.54) is 23.1 Å². The van der Waals surface area contributed by atoms with Crippen molar-refractivity contribution < 1.29 is 0 Å². The van der Waals surface area contributed by atoms with E-state index in [-0.39, 0.29) is 0 Å². The minimum absolute atomic E-state index is 0.386. The number of nitrogens with one attached hydrogen (secondary N) is 1. The molecule has 2 atom stereocenters. The molecule has 0 aliphatic rings. The first-order chi connectivity index (χ1) is 9.24. The Morgan fingerprint density at radius 3 is 2.25 bits per heavy atom. The van der Waals surface area contributed by atoms with E-state index in [0.29, 0.717) is 11.5 Å². The largest absolute Gasteiger partial charge is 0.314 e. The van der Waals surface area contributed by atoms with Crippen LogP contribution in [0.1, 0.15) is 57.7 Å². The molecule has 1 nitrogen and oxygen atoms in total. The minimum atomic E-state index is 0.386. The van der Waals surface area contributed by atoms with Gasteiger partial charge in [0.1, 0.15) is 0 Å². The molecule has 0 aliphatic heterocycles. The molecule has 0 saturated heterocycles. The Hall–Kier alpha value is -0.820. The minimum Gasteiger partial charge on any atom is -0.314 e. The molecule has 0 heterocycles. The third-order valence-electron chi connectivity index (χ3n) is 4.66. The maximum Gasteiger partial charge on any atom is 0.0110 e. The van der Waals surface area contributed by atoms with Crippen molar-refractivity contribution in [3.63, 3.8) is 0 Å². The van der Waals surface area contributed by atoms with Crippen LogP contribution in [-0.4, -0.2) is 12.6 Å². The van der Waals surface area contributed by atoms with Gasteiger partial charge in [0.25, 0.3) is 0 Å². The highest BCUT2D eigenvalue weighted by molar-refractivity contribution is 5.30. The van der Waals surface area contributed by atoms with Crippen LogP contribution in [0.25, 0.3) is 0 Å². The van der Waals surface area contributed by atoms with E-state index in [0.717, 1.165) is 18.9 Å². The molecule has 1 aromatic rings. The summed E-state index contributed by atoms with van der Waals surface area (Å²) in [5, 5.41) is 3.67. The molecule has 114 valence electrons. The summed E-state index contributed by atoms with van der Waals surface area (Å²) >= 11 is 0. The van der Waals surface area contributed by atoms with Crippen LogP contribution >= 0.6 is 0 Å². The number of likely N-dealkylation sites (N-methyl/N-ethyl adjacent to an activating group) is 1. The topological polar surface area (TPSA) is 12.0 Å². The van der Waals surface area contributed by atoms with Gasteiger partial charge in [0.15, 0.2) is 0 Å². The van der Waals surface area contributed by atoms with Crippen LogP contribution in [0.2, 0.25) is 0 Å². The summed E-state index contributed by atoms with van der Waals surface area (Å²) in [6, 6.07) is 7.47. The number of aryl methyl sites for hydroxylation is 2. The number of rotatable bonds is 6. The van der Waals surface area contributed by atoms with Gasteiger partial charge in [0.05, 0.1) is 0 Å². The van der Waals surface area contributed by atoms with E-state index in [2.05, 4.69) is 72.0 Å². The Bertz CT molecular complexity index is 414. The Kier molecular flexibility index (Phi) is 6.26. The molecular weight excluding hydrogens is 242 g/mol. The van der Waals surface area contributed by atoms with E-state index >= 15 is 0 Å². The molecule has 0 spiro atoms. The molecular formula is C19H33N. The van der Waals surface area contributed by atoms with Crippen LogP contribution in [0.4, 0.5) is 0 Å². The fourth-order valence-corrected chi connectivity index (χ4v) is 2.52. The average Bonchev–Trinajstić information content (AvgIpc) is 2.33. The summed E-state index contributed by atoms with van der Waals surface area (Å²) in [4.78, 5) is 0. The lowest BCUT2D eigenvalue weighted by Gasteiger charge is -2.31. The van der Waals surface area contributed by atoms with E-state index < -0.39 is 0 Å². The summed E-state index contributed by atoms with van der Waals surface area (Å²) in [5.74, 6) is 0.720. The van der Waals surface area contributed by atoms with E-state index in [9.17, 15) is 0 Å². The van der Waals surface area contributed by atoms with Crippen molar-refractivity contribution >= 4 is 0 Å². The van der Waals surface area contributed by atoms with Crippen LogP contribution in [0.15, 0.2) is 18.2 Å². The summed E-state index contributed by atoms with van der Waals surface area (Å²) in [7, 11) is 0. The standard InChI is InChI=1S/C19H33N/c1-8-20-18(12-16(4)19(5,6)7)13-17-10-9-14(2)15(3)11-17/h9-11,16,18,20H,8,12-13H2,1-7H3. The maximum atomic E-state index is 3.67. The first-order valence-corrected chi connectivity index (χ1v) is 8.03. The highest BCUT2D eigenvalue weighted by Gasteiger charge is 2.23. The molecule has 0 bridgehead atoms. The van der Waals surface area contributed by atoms with Gasteiger partial charge in [-0.25, -0.2) is 0 Å². The molecule has 0 radical (unpaired) electrons. The predicted molar refractivity (Wildman–Crippen MR) is 90.3 cm³/mol. The molecule has 1 aromatic carbocycles. The molecule has 1 heteroatoms. The summed E-state index contributed by atoms with van der Waals surface area (Å²) in [6.45, 7) is 17.1. The molecule has 1 N–H and O–H groups in total. The number of benzene rings is 1. The van der Waals surface area contributed by atoms with E-state index in [1.54, 1.807) is 0 Å². The predicted octanol–water partition coefficient (Wildman–Crippen LogP) is 4.90. The first-order valence-electron chi connectivity index (χ1n) is 8.03. The lowest BCUT2D eigenvalue weighted by molar-refractivity contribution is 0.222. The van der Waals surface area contributed by atoms with Gasteiger partial charge in [-0.2, -0.15) is 0 Å². The first kappa shape index (κ1) is 17.2. The van der Waals surface area contributed by atoms with Crippen molar-refractivity contribution in [1.82, 2.24) is 5.32 Å². The number of hydrogen-bond donors (Lipinski definition) is 1. The molecule has 0 saturated carbocycles. The van der Waals surface area contributed by atoms with Gasteiger partial charge in [-0.15, -0.1) is 0 Å². The molecule has 1 rings (SSSR count). The van der Waals surface area contributed by atoms with Gasteiger partial charge in [0, 0.05) is 6.04 Å². The summed E-state index contributed by atoms with van der Waals surface area (Å²) in [5.41, 5.74) is 4.63. The summed E-state index contributed by atoms with van der Waals surface area (Å²) < 4.78 is 0. The van der Waals surface area contributed by atoms with Gasteiger partial charge in [0.2, 0.25) is 0 Å². The van der Waals surface area contributed by atoms with Crippen LogP contribution in [0.5, 0.6) is 0 Å². The molecule has 0 aromatic heterocycles. The fraction of sp³-hybridized carbons (Fsp3) is 0.684. The van der Waals surface area contributed by atoms with Crippen molar-refractivity contribution in [3.05, 3.63) is 34.9 Å². The molecule has 20 heavy (non-hydrogen) atoms. The Morgan fingerprint density at radius 2 is 1.75 bits per heavy atom. The van der Waals surface area contributed by atoms with Crippen LogP contribution in [-0.2, 0) is 6.42 Å². The van der Waals surface area contributed by atoms with E-state index in [4.69, 9.17) is 0 Å². The lowest BCUT2D eigenvalue weighted by atomic mass is 9.77. The summed E-state index contributed by atoms with van der Waals surface area (Å²) in [6.07, 6.45) is 2.37. The maximum absolute atomic E-state index is 3.67. The average molecular weight is 275 g/mol. The zero-order valence-corrected chi connectivity index (χ0v) is 14.5. The normalized spacial score (nSPS) is 15.2. The van der Waals surface area contributed by atoms with E-state index in [1.807, 2.05) is 0 Å². The van der Waals surface area contributed by atoms with Gasteiger partial charge in [-0.1, -0.05) is 52.8 Å². The SMILES string of the molecule is CCNC(Cc1ccc(C)c(C)c1)CC(C)C(C)(C)C. The Balaban J connectivity index is 2.73. The van der Waals surface area contributed by atoms with Crippen molar-refractivity contribution in [1.29, 1.82) is 0 Å². The highest BCUT2D eigenvalue weighted by atomic mass is 14.9. The van der Waals surface area contributed by atoms with Gasteiger partial charge in [-0.05, 0) is 61.3 Å². The second kappa shape index (κ2) is 7.26. The van der Waals surface area contributed by atoms with Gasteiger partial charge < -0.3 is 5.32 Å². The van der Waals surface area contributed by atoms with Crippen LogP contribution < -0.4 is 5.32 Å². The van der Waals surface area contributed by atoms with Gasteiger partial charge in [-0.3, -0.25) is 0 Å². The fourth-order valence-electron chi connectivity index (χ4n) is 2.52. The molecule has 0 fully saturated rings. The Labute approximate surface area is 126 Å². The second-order valence-electron chi connectivity index (χ2n) is 7.38. The highest BCUT2D eigenvalue weighted by Crippen LogP contribution is 2.29. The van der Waals surface area contributed by atoms with Crippen molar-refractivity contribution in [3.8, 4) is 0 Å². The smallest absolute Gasteiger partial charge is 0.0110 e. The second-order valence-corrected chi connectivity index (χ2v) is 7.38. The zero-order chi connectivity index (χ0) is 15.3. The van der Waals surface area contributed by atoms with Crippen LogP contribution in [0.3, 0.4) is 0 Å². The Morgan fingerprint density at radius 1 is 1.10 bits per heavy atom. The van der Waals surface area contributed by atoms with Crippen LogP contribution in [0, 0.1) is 25.2 Å². The third-order valence-corrected chi connectivity index (χ3v) is 4.66. The monoisotopic (exact) mass is 275 g/mol. The zero-order valence-electron chi connectivity index (χ0n) is 14.5. The van der Waals surface area contributed by atoms with Gasteiger partial charge >= 0.3 is 0 Å². The third kappa shape index (κ3) is 5.28. The molecule has 2 unspecified atom stereocenters.